The van der Waals surface area contributed by atoms with Crippen LogP contribution in [0.1, 0.15) is 22.6 Å². The van der Waals surface area contributed by atoms with Crippen molar-refractivity contribution in [1.29, 1.82) is 0 Å². The molecule has 0 spiro atoms. The molecule has 0 fully saturated rings. The van der Waals surface area contributed by atoms with Gasteiger partial charge in [-0.15, -0.1) is 0 Å². The van der Waals surface area contributed by atoms with Crippen LogP contribution in [0.5, 0.6) is 11.5 Å². The summed E-state index contributed by atoms with van der Waals surface area (Å²) in [4.78, 5) is 4.11. The Bertz CT molecular complexity index is 772. The number of hydrogen-bond acceptors (Lipinski definition) is 3. The normalized spacial score (nSPS) is 11.8. The van der Waals surface area contributed by atoms with Crippen LogP contribution in [-0.2, 0) is 6.42 Å². The van der Waals surface area contributed by atoms with Gasteiger partial charge in [0, 0.05) is 18.3 Å². The summed E-state index contributed by atoms with van der Waals surface area (Å²) < 4.78 is 10.8. The maximum atomic E-state index is 5.48. The van der Waals surface area contributed by atoms with E-state index in [1.807, 2.05) is 24.5 Å². The van der Waals surface area contributed by atoms with E-state index in [0.29, 0.717) is 0 Å². The highest BCUT2D eigenvalue weighted by molar-refractivity contribution is 5.46. The van der Waals surface area contributed by atoms with Gasteiger partial charge in [0.1, 0.15) is 0 Å². The zero-order valence-corrected chi connectivity index (χ0v) is 14.0. The van der Waals surface area contributed by atoms with Gasteiger partial charge in [-0.2, -0.15) is 0 Å². The molecule has 0 saturated heterocycles. The van der Waals surface area contributed by atoms with E-state index < -0.39 is 0 Å². The van der Waals surface area contributed by atoms with Crippen molar-refractivity contribution in [3.8, 4) is 11.5 Å². The van der Waals surface area contributed by atoms with Crippen molar-refractivity contribution in [3.05, 3.63) is 89.7 Å². The van der Waals surface area contributed by atoms with Crippen molar-refractivity contribution < 1.29 is 9.47 Å². The third-order valence-electron chi connectivity index (χ3n) is 4.20. The molecule has 3 aromatic rings. The van der Waals surface area contributed by atoms with Crippen molar-refractivity contribution in [2.75, 3.05) is 14.2 Å². The predicted octanol–water partition coefficient (Wildman–Crippen LogP) is 4.47. The van der Waals surface area contributed by atoms with Crippen LogP contribution in [-0.4, -0.2) is 19.2 Å². The van der Waals surface area contributed by atoms with Crippen LogP contribution in [0.25, 0.3) is 0 Å². The Kier molecular flexibility index (Phi) is 5.12. The van der Waals surface area contributed by atoms with Crippen LogP contribution in [0.15, 0.2) is 73.1 Å². The Morgan fingerprint density at radius 2 is 1.50 bits per heavy atom. The van der Waals surface area contributed by atoms with Crippen LogP contribution >= 0.6 is 0 Å². The van der Waals surface area contributed by atoms with E-state index in [4.69, 9.17) is 9.47 Å². The molecular weight excluding hydrogens is 298 g/mol. The summed E-state index contributed by atoms with van der Waals surface area (Å²) in [5.74, 6) is 1.75. The fourth-order valence-corrected chi connectivity index (χ4v) is 2.94. The van der Waals surface area contributed by atoms with Crippen LogP contribution in [0.4, 0.5) is 0 Å². The molecule has 3 rings (SSSR count). The Balaban J connectivity index is 2.01. The molecule has 0 saturated carbocycles. The first-order valence-corrected chi connectivity index (χ1v) is 7.97. The van der Waals surface area contributed by atoms with Crippen molar-refractivity contribution in [1.82, 2.24) is 4.98 Å². The minimum atomic E-state index is 0.244. The molecule has 1 unspecified atom stereocenters. The fourth-order valence-electron chi connectivity index (χ4n) is 2.94. The smallest absolute Gasteiger partial charge is 0.161 e. The van der Waals surface area contributed by atoms with E-state index in [2.05, 4.69) is 53.5 Å². The SMILES string of the molecule is COc1ccc(C(Cc2ccncc2)c2ccccc2)cc1OC. The molecule has 0 amide bonds. The Morgan fingerprint density at radius 3 is 2.17 bits per heavy atom. The van der Waals surface area contributed by atoms with Crippen molar-refractivity contribution in [3.63, 3.8) is 0 Å². The average Bonchev–Trinajstić information content (AvgIpc) is 2.67. The zero-order chi connectivity index (χ0) is 16.8. The number of nitrogens with zero attached hydrogens (tertiary/aromatic N) is 1. The standard InChI is InChI=1S/C21H21NO2/c1-23-20-9-8-18(15-21(20)24-2)19(17-6-4-3-5-7-17)14-16-10-12-22-13-11-16/h3-13,15,19H,14H2,1-2H3. The highest BCUT2D eigenvalue weighted by atomic mass is 16.5. The van der Waals surface area contributed by atoms with Gasteiger partial charge >= 0.3 is 0 Å². The Labute approximate surface area is 142 Å². The molecule has 3 heteroatoms. The molecule has 122 valence electrons. The topological polar surface area (TPSA) is 31.4 Å². The van der Waals surface area contributed by atoms with Gasteiger partial charge in [0.05, 0.1) is 14.2 Å². The number of aromatic nitrogens is 1. The monoisotopic (exact) mass is 319 g/mol. The fraction of sp³-hybridized carbons (Fsp3) is 0.190. The predicted molar refractivity (Wildman–Crippen MR) is 95.8 cm³/mol. The molecule has 1 heterocycles. The zero-order valence-electron chi connectivity index (χ0n) is 14.0. The summed E-state index contributed by atoms with van der Waals surface area (Å²) in [6.07, 6.45) is 4.58. The first-order chi connectivity index (χ1) is 11.8. The molecule has 1 aromatic heterocycles. The summed E-state index contributed by atoms with van der Waals surface area (Å²) in [6, 6.07) is 20.8. The van der Waals surface area contributed by atoms with Gasteiger partial charge in [-0.25, -0.2) is 0 Å². The van der Waals surface area contributed by atoms with Crippen LogP contribution in [0.2, 0.25) is 0 Å². The molecule has 0 bridgehead atoms. The number of rotatable bonds is 6. The molecule has 24 heavy (non-hydrogen) atoms. The minimum Gasteiger partial charge on any atom is -0.493 e. The van der Waals surface area contributed by atoms with Crippen molar-refractivity contribution >= 4 is 0 Å². The number of hydrogen-bond donors (Lipinski definition) is 0. The molecule has 0 N–H and O–H groups in total. The second-order valence-electron chi connectivity index (χ2n) is 5.64. The second kappa shape index (κ2) is 7.64. The van der Waals surface area contributed by atoms with Gasteiger partial charge in [-0.05, 0) is 47.4 Å². The summed E-state index contributed by atoms with van der Waals surface area (Å²) >= 11 is 0. The molecule has 0 aliphatic heterocycles. The lowest BCUT2D eigenvalue weighted by Crippen LogP contribution is -2.06. The number of benzene rings is 2. The van der Waals surface area contributed by atoms with Crippen LogP contribution < -0.4 is 9.47 Å². The maximum absolute atomic E-state index is 5.48. The molecular formula is C21H21NO2. The number of ether oxygens (including phenoxy) is 2. The van der Waals surface area contributed by atoms with E-state index in [-0.39, 0.29) is 5.92 Å². The average molecular weight is 319 g/mol. The van der Waals surface area contributed by atoms with E-state index in [9.17, 15) is 0 Å². The van der Waals surface area contributed by atoms with Gasteiger partial charge in [0.15, 0.2) is 11.5 Å². The molecule has 0 aliphatic carbocycles. The summed E-state index contributed by atoms with van der Waals surface area (Å²) in [7, 11) is 3.32. The Hall–Kier alpha value is -2.81. The van der Waals surface area contributed by atoms with Crippen molar-refractivity contribution in [2.45, 2.75) is 12.3 Å². The van der Waals surface area contributed by atoms with E-state index in [1.54, 1.807) is 14.2 Å². The van der Waals surface area contributed by atoms with E-state index in [1.165, 1.54) is 16.7 Å². The highest BCUT2D eigenvalue weighted by Gasteiger charge is 2.17. The van der Waals surface area contributed by atoms with Gasteiger partial charge < -0.3 is 9.47 Å². The lowest BCUT2D eigenvalue weighted by atomic mass is 9.86. The third-order valence-corrected chi connectivity index (χ3v) is 4.20. The van der Waals surface area contributed by atoms with Gasteiger partial charge in [0.25, 0.3) is 0 Å². The lowest BCUT2D eigenvalue weighted by Gasteiger charge is -2.20. The number of pyridine rings is 1. The van der Waals surface area contributed by atoms with Crippen LogP contribution in [0.3, 0.4) is 0 Å². The van der Waals surface area contributed by atoms with Gasteiger partial charge in [-0.3, -0.25) is 4.98 Å². The van der Waals surface area contributed by atoms with Crippen LogP contribution in [0, 0.1) is 0 Å². The van der Waals surface area contributed by atoms with Crippen molar-refractivity contribution in [2.24, 2.45) is 0 Å². The van der Waals surface area contributed by atoms with E-state index in [0.717, 1.165) is 17.9 Å². The maximum Gasteiger partial charge on any atom is 0.161 e. The molecule has 2 aromatic carbocycles. The quantitative estimate of drug-likeness (QED) is 0.671. The highest BCUT2D eigenvalue weighted by Crippen LogP contribution is 2.35. The minimum absolute atomic E-state index is 0.244. The molecule has 3 nitrogen and oxygen atoms in total. The molecule has 0 aliphatic rings. The first-order valence-electron chi connectivity index (χ1n) is 7.97. The molecule has 1 atom stereocenters. The largest absolute Gasteiger partial charge is 0.493 e. The third kappa shape index (κ3) is 3.57. The summed E-state index contributed by atoms with van der Waals surface area (Å²) in [6.45, 7) is 0. The van der Waals surface area contributed by atoms with Gasteiger partial charge in [0.2, 0.25) is 0 Å². The van der Waals surface area contributed by atoms with Gasteiger partial charge in [-0.1, -0.05) is 36.4 Å². The molecule has 0 radical (unpaired) electrons. The Morgan fingerprint density at radius 1 is 0.792 bits per heavy atom. The summed E-state index contributed by atoms with van der Waals surface area (Å²) in [5.41, 5.74) is 3.74. The number of methoxy groups -OCH3 is 2. The second-order valence-corrected chi connectivity index (χ2v) is 5.64. The van der Waals surface area contributed by atoms with E-state index >= 15 is 0 Å². The first kappa shape index (κ1) is 16.1. The summed E-state index contributed by atoms with van der Waals surface area (Å²) in [5, 5.41) is 0. The lowest BCUT2D eigenvalue weighted by molar-refractivity contribution is 0.354.